The lowest BCUT2D eigenvalue weighted by Crippen LogP contribution is -2.46. The van der Waals surface area contributed by atoms with E-state index in [0.717, 1.165) is 42.2 Å². The average Bonchev–Trinajstić information content (AvgIpc) is 2.73. The molecule has 0 radical (unpaired) electrons. The monoisotopic (exact) mass is 433 g/mol. The normalized spacial score (nSPS) is 15.3. The second-order valence-corrected chi connectivity index (χ2v) is 8.55. The summed E-state index contributed by atoms with van der Waals surface area (Å²) < 4.78 is 11.4. The number of thioether (sulfide) groups is 1. The molecule has 1 aliphatic carbocycles. The average molecular weight is 434 g/mol. The Labute approximate surface area is 179 Å². The number of carboxylic acid groups (broad SMARTS) is 1. The summed E-state index contributed by atoms with van der Waals surface area (Å²) in [5, 5.41) is 12.7. The van der Waals surface area contributed by atoms with Crippen LogP contribution in [0, 0.1) is 6.92 Å². The quantitative estimate of drug-likeness (QED) is 0.616. The second-order valence-electron chi connectivity index (χ2n) is 7.56. The minimum absolute atomic E-state index is 0.304. The lowest BCUT2D eigenvalue weighted by Gasteiger charge is -2.21. The van der Waals surface area contributed by atoms with Crippen LogP contribution in [0.1, 0.15) is 42.9 Å². The van der Waals surface area contributed by atoms with E-state index in [1.165, 1.54) is 11.8 Å². The predicted molar refractivity (Wildman–Crippen MR) is 117 cm³/mol. The van der Waals surface area contributed by atoms with Crippen molar-refractivity contribution in [2.24, 2.45) is 0 Å². The van der Waals surface area contributed by atoms with Crippen molar-refractivity contribution in [1.29, 1.82) is 0 Å². The van der Waals surface area contributed by atoms with Gasteiger partial charge in [-0.05, 0) is 75.7 Å². The van der Waals surface area contributed by atoms with Crippen LogP contribution < -0.4 is 15.7 Å². The summed E-state index contributed by atoms with van der Waals surface area (Å²) >= 11 is 1.52. The first kappa shape index (κ1) is 22.2. The number of rotatable bonds is 8. The third kappa shape index (κ3) is 4.64. The molecule has 0 aliphatic heterocycles. The van der Waals surface area contributed by atoms with Crippen molar-refractivity contribution in [3.05, 3.63) is 39.2 Å². The minimum Gasteiger partial charge on any atom is -0.480 e. The van der Waals surface area contributed by atoms with Gasteiger partial charge in [0.15, 0.2) is 6.10 Å². The van der Waals surface area contributed by atoms with E-state index in [1.54, 1.807) is 19.9 Å². The number of carbonyl (C=O) groups is 2. The summed E-state index contributed by atoms with van der Waals surface area (Å²) in [6.45, 7) is 3.36. The molecule has 2 atom stereocenters. The van der Waals surface area contributed by atoms with Crippen LogP contribution in [0.15, 0.2) is 21.3 Å². The molecule has 1 aromatic carbocycles. The van der Waals surface area contributed by atoms with Crippen molar-refractivity contribution in [2.75, 3.05) is 12.0 Å². The first-order valence-electron chi connectivity index (χ1n) is 10.1. The number of aryl methyl sites for hydroxylation is 2. The Balaban J connectivity index is 1.81. The van der Waals surface area contributed by atoms with E-state index in [0.29, 0.717) is 29.1 Å². The fraction of sp³-hybridized carbons (Fsp3) is 0.500. The zero-order chi connectivity index (χ0) is 21.8. The maximum absolute atomic E-state index is 12.5. The molecule has 2 aromatic rings. The number of hydrogen-bond acceptors (Lipinski definition) is 6. The third-order valence-corrected chi connectivity index (χ3v) is 6.13. The summed E-state index contributed by atoms with van der Waals surface area (Å²) in [6.07, 6.45) is 4.93. The zero-order valence-corrected chi connectivity index (χ0v) is 18.3. The number of fused-ring (bicyclic) bond motifs is 3. The minimum atomic E-state index is -1.07. The topological polar surface area (TPSA) is 106 Å². The fourth-order valence-electron chi connectivity index (χ4n) is 3.78. The predicted octanol–water partition coefficient (Wildman–Crippen LogP) is 3.07. The first-order chi connectivity index (χ1) is 14.3. The maximum Gasteiger partial charge on any atom is 0.339 e. The van der Waals surface area contributed by atoms with E-state index in [4.69, 9.17) is 9.15 Å². The summed E-state index contributed by atoms with van der Waals surface area (Å²) in [6, 6.07) is 2.69. The number of hydrogen-bond donors (Lipinski definition) is 2. The van der Waals surface area contributed by atoms with Crippen molar-refractivity contribution >= 4 is 34.6 Å². The van der Waals surface area contributed by atoms with Crippen molar-refractivity contribution in [1.82, 2.24) is 5.32 Å². The van der Waals surface area contributed by atoms with Gasteiger partial charge in [0.25, 0.3) is 5.91 Å². The molecule has 0 saturated heterocycles. The molecule has 1 amide bonds. The molecule has 0 fully saturated rings. The van der Waals surface area contributed by atoms with Crippen LogP contribution in [0.3, 0.4) is 0 Å². The summed E-state index contributed by atoms with van der Waals surface area (Å²) in [4.78, 5) is 36.2. The van der Waals surface area contributed by atoms with E-state index >= 15 is 0 Å². The SMILES string of the molecule is CSCCC(NC(=O)C(C)Oc1ccc2c3c(c(=O)oc2c1C)CCCC3)C(=O)O. The molecular weight excluding hydrogens is 406 g/mol. The number of carbonyl (C=O) groups excluding carboxylic acids is 1. The molecule has 1 aliphatic rings. The van der Waals surface area contributed by atoms with E-state index in [9.17, 15) is 19.5 Å². The van der Waals surface area contributed by atoms with Crippen LogP contribution in [0.4, 0.5) is 0 Å². The highest BCUT2D eigenvalue weighted by Gasteiger charge is 2.25. The summed E-state index contributed by atoms with van der Waals surface area (Å²) in [7, 11) is 0. The highest BCUT2D eigenvalue weighted by atomic mass is 32.2. The van der Waals surface area contributed by atoms with Crippen LogP contribution in [0.5, 0.6) is 5.75 Å². The molecule has 0 spiro atoms. The third-order valence-electron chi connectivity index (χ3n) is 5.49. The van der Waals surface area contributed by atoms with Crippen LogP contribution in [-0.2, 0) is 22.4 Å². The molecule has 7 nitrogen and oxygen atoms in total. The number of aliphatic carboxylic acids is 1. The molecule has 1 aromatic heterocycles. The maximum atomic E-state index is 12.5. The Kier molecular flexibility index (Phi) is 7.07. The molecule has 0 saturated carbocycles. The van der Waals surface area contributed by atoms with Gasteiger partial charge in [-0.25, -0.2) is 9.59 Å². The number of nitrogens with one attached hydrogen (secondary N) is 1. The molecule has 30 heavy (non-hydrogen) atoms. The van der Waals surface area contributed by atoms with Crippen LogP contribution >= 0.6 is 11.8 Å². The molecular formula is C22H27NO6S. The number of ether oxygens (including phenoxy) is 1. The Morgan fingerprint density at radius 3 is 2.63 bits per heavy atom. The summed E-state index contributed by atoms with van der Waals surface area (Å²) in [5.74, 6) is -0.521. The number of carboxylic acids is 1. The molecule has 2 N–H and O–H groups in total. The van der Waals surface area contributed by atoms with Gasteiger partial charge >= 0.3 is 11.6 Å². The highest BCUT2D eigenvalue weighted by Crippen LogP contribution is 2.32. The zero-order valence-electron chi connectivity index (χ0n) is 17.4. The van der Waals surface area contributed by atoms with E-state index in [2.05, 4.69) is 5.32 Å². The van der Waals surface area contributed by atoms with Crippen LogP contribution in [0.25, 0.3) is 11.0 Å². The van der Waals surface area contributed by atoms with Crippen molar-refractivity contribution in [3.63, 3.8) is 0 Å². The summed E-state index contributed by atoms with van der Waals surface area (Å²) in [5.41, 5.74) is 2.64. The van der Waals surface area contributed by atoms with Gasteiger partial charge in [0.05, 0.1) is 0 Å². The van der Waals surface area contributed by atoms with E-state index in [1.807, 2.05) is 12.3 Å². The lowest BCUT2D eigenvalue weighted by atomic mass is 9.90. The molecule has 162 valence electrons. The second kappa shape index (κ2) is 9.55. The standard InChI is InChI=1S/C22H27NO6S/c1-12-18(28-13(2)20(24)23-17(21(25)26)10-11-30-3)9-8-15-14-6-4-5-7-16(14)22(27)29-19(12)15/h8-9,13,17H,4-7,10-11H2,1-3H3,(H,23,24)(H,25,26). The van der Waals surface area contributed by atoms with Gasteiger partial charge < -0.3 is 19.6 Å². The smallest absolute Gasteiger partial charge is 0.339 e. The lowest BCUT2D eigenvalue weighted by molar-refractivity contribution is -0.142. The Morgan fingerprint density at radius 2 is 1.97 bits per heavy atom. The van der Waals surface area contributed by atoms with Crippen molar-refractivity contribution in [3.8, 4) is 5.75 Å². The Hall–Kier alpha value is -2.48. The van der Waals surface area contributed by atoms with Crippen LogP contribution in [0.2, 0.25) is 0 Å². The number of amides is 1. The van der Waals surface area contributed by atoms with Crippen molar-refractivity contribution < 1.29 is 23.8 Å². The fourth-order valence-corrected chi connectivity index (χ4v) is 4.25. The van der Waals surface area contributed by atoms with E-state index in [-0.39, 0.29) is 5.63 Å². The van der Waals surface area contributed by atoms with Gasteiger partial charge in [0, 0.05) is 16.5 Å². The van der Waals surface area contributed by atoms with E-state index < -0.39 is 24.0 Å². The van der Waals surface area contributed by atoms with Gasteiger partial charge in [0.2, 0.25) is 0 Å². The van der Waals surface area contributed by atoms with Crippen LogP contribution in [-0.4, -0.2) is 41.1 Å². The molecule has 3 rings (SSSR count). The van der Waals surface area contributed by atoms with Gasteiger partial charge in [0.1, 0.15) is 17.4 Å². The first-order valence-corrected chi connectivity index (χ1v) is 11.5. The number of benzene rings is 1. The molecule has 8 heteroatoms. The largest absolute Gasteiger partial charge is 0.480 e. The highest BCUT2D eigenvalue weighted by molar-refractivity contribution is 7.98. The Morgan fingerprint density at radius 1 is 1.27 bits per heavy atom. The van der Waals surface area contributed by atoms with Gasteiger partial charge in [-0.1, -0.05) is 0 Å². The van der Waals surface area contributed by atoms with Gasteiger partial charge in [-0.3, -0.25) is 4.79 Å². The molecule has 1 heterocycles. The van der Waals surface area contributed by atoms with Gasteiger partial charge in [-0.2, -0.15) is 11.8 Å². The van der Waals surface area contributed by atoms with Gasteiger partial charge in [-0.15, -0.1) is 0 Å². The Bertz CT molecular complexity index is 1010. The van der Waals surface area contributed by atoms with Crippen molar-refractivity contribution in [2.45, 2.75) is 58.1 Å². The molecule has 0 bridgehead atoms. The molecule has 2 unspecified atom stereocenters.